The predicted molar refractivity (Wildman–Crippen MR) is 88.3 cm³/mol. The second kappa shape index (κ2) is 7.70. The van der Waals surface area contributed by atoms with Gasteiger partial charge < -0.3 is 4.74 Å². The van der Waals surface area contributed by atoms with Crippen molar-refractivity contribution in [3.63, 3.8) is 0 Å². The van der Waals surface area contributed by atoms with Gasteiger partial charge in [0, 0.05) is 11.1 Å². The van der Waals surface area contributed by atoms with Gasteiger partial charge in [-0.15, -0.1) is 0 Å². The van der Waals surface area contributed by atoms with E-state index in [0.717, 1.165) is 11.3 Å². The lowest BCUT2D eigenvalue weighted by Crippen LogP contribution is -2.33. The smallest absolute Gasteiger partial charge is 0.324 e. The number of hydrogen-bond acceptors (Lipinski definition) is 6. The highest BCUT2D eigenvalue weighted by Crippen LogP contribution is 2.22. The molecule has 0 aliphatic heterocycles. The number of halogens is 1. The van der Waals surface area contributed by atoms with E-state index in [-0.39, 0.29) is 5.00 Å². The third-order valence-corrected chi connectivity index (χ3v) is 3.84. The van der Waals surface area contributed by atoms with Gasteiger partial charge in [-0.25, -0.2) is 5.43 Å². The molecule has 1 atom stereocenters. The van der Waals surface area contributed by atoms with Crippen LogP contribution in [0.15, 0.2) is 41.5 Å². The summed E-state index contributed by atoms with van der Waals surface area (Å²) in [6.45, 7) is 1.57. The fraction of sp³-hybridized carbons (Fsp3) is 0.143. The Labute approximate surface area is 140 Å². The van der Waals surface area contributed by atoms with Crippen LogP contribution in [0.1, 0.15) is 11.8 Å². The molecule has 1 heterocycles. The van der Waals surface area contributed by atoms with Crippen LogP contribution in [0.25, 0.3) is 0 Å². The summed E-state index contributed by atoms with van der Waals surface area (Å²) in [7, 11) is 0. The molecule has 0 fully saturated rings. The van der Waals surface area contributed by atoms with E-state index in [4.69, 9.17) is 16.3 Å². The lowest BCUT2D eigenvalue weighted by molar-refractivity contribution is -0.380. The Bertz CT molecular complexity index is 747. The van der Waals surface area contributed by atoms with Crippen molar-refractivity contribution in [3.05, 3.63) is 56.4 Å². The molecule has 2 rings (SSSR count). The predicted octanol–water partition coefficient (Wildman–Crippen LogP) is 3.23. The Hall–Kier alpha value is -2.45. The minimum Gasteiger partial charge on any atom is -0.481 e. The number of thiophene rings is 1. The molecule has 0 saturated carbocycles. The summed E-state index contributed by atoms with van der Waals surface area (Å²) >= 11 is 6.79. The molecule has 7 nitrogen and oxygen atoms in total. The van der Waals surface area contributed by atoms with Gasteiger partial charge in [0.1, 0.15) is 5.75 Å². The first-order valence-electron chi connectivity index (χ1n) is 6.45. The van der Waals surface area contributed by atoms with E-state index in [0.29, 0.717) is 15.6 Å². The number of benzene rings is 1. The summed E-state index contributed by atoms with van der Waals surface area (Å²) in [5, 5.41) is 14.8. The number of carbonyl (C=O) groups is 1. The van der Waals surface area contributed by atoms with Crippen molar-refractivity contribution in [2.45, 2.75) is 13.0 Å². The van der Waals surface area contributed by atoms with Gasteiger partial charge in [0.05, 0.1) is 16.0 Å². The number of carbonyl (C=O) groups excluding carboxylic acids is 1. The van der Waals surface area contributed by atoms with Crippen LogP contribution in [0.2, 0.25) is 5.02 Å². The van der Waals surface area contributed by atoms with Crippen molar-refractivity contribution in [1.82, 2.24) is 5.43 Å². The van der Waals surface area contributed by atoms with E-state index in [1.807, 2.05) is 0 Å². The molecule has 0 aliphatic carbocycles. The van der Waals surface area contributed by atoms with Crippen molar-refractivity contribution in [1.29, 1.82) is 0 Å². The molecule has 1 aromatic heterocycles. The summed E-state index contributed by atoms with van der Waals surface area (Å²) in [5.41, 5.74) is 2.31. The largest absolute Gasteiger partial charge is 0.481 e. The van der Waals surface area contributed by atoms with Gasteiger partial charge >= 0.3 is 5.00 Å². The zero-order valence-electron chi connectivity index (χ0n) is 11.9. The normalized spacial score (nSPS) is 12.1. The second-order valence-corrected chi connectivity index (χ2v) is 5.92. The number of rotatable bonds is 6. The Morgan fingerprint density at radius 2 is 2.26 bits per heavy atom. The van der Waals surface area contributed by atoms with Gasteiger partial charge in [-0.3, -0.25) is 14.9 Å². The van der Waals surface area contributed by atoms with Gasteiger partial charge in [-0.1, -0.05) is 29.0 Å². The SMILES string of the molecule is CC(Oc1cccc(Cl)c1)C(=O)NN=Cc1ccc([N+](=O)[O-])s1. The van der Waals surface area contributed by atoms with Gasteiger partial charge in [0.15, 0.2) is 6.10 Å². The summed E-state index contributed by atoms with van der Waals surface area (Å²) < 4.78 is 5.44. The lowest BCUT2D eigenvalue weighted by atomic mass is 10.3. The van der Waals surface area contributed by atoms with Crippen LogP contribution in [-0.4, -0.2) is 23.1 Å². The summed E-state index contributed by atoms with van der Waals surface area (Å²) in [6, 6.07) is 9.61. The van der Waals surface area contributed by atoms with Crippen LogP contribution < -0.4 is 10.2 Å². The molecule has 0 spiro atoms. The molecule has 23 heavy (non-hydrogen) atoms. The van der Waals surface area contributed by atoms with E-state index < -0.39 is 16.9 Å². The van der Waals surface area contributed by atoms with Crippen LogP contribution in [0.5, 0.6) is 5.75 Å². The number of hydrazone groups is 1. The third kappa shape index (κ3) is 5.04. The highest BCUT2D eigenvalue weighted by molar-refractivity contribution is 7.16. The van der Waals surface area contributed by atoms with E-state index >= 15 is 0 Å². The molecule has 120 valence electrons. The molecule has 1 amide bonds. The van der Waals surface area contributed by atoms with Crippen molar-refractivity contribution in [2.75, 3.05) is 0 Å². The average molecular weight is 354 g/mol. The first kappa shape index (κ1) is 16.9. The van der Waals surface area contributed by atoms with Crippen LogP contribution >= 0.6 is 22.9 Å². The van der Waals surface area contributed by atoms with E-state index in [1.165, 1.54) is 12.3 Å². The molecule has 0 radical (unpaired) electrons. The zero-order chi connectivity index (χ0) is 16.8. The Kier molecular flexibility index (Phi) is 5.67. The molecule has 2 aromatic rings. The molecular formula is C14H12ClN3O4S. The molecule has 0 bridgehead atoms. The highest BCUT2D eigenvalue weighted by atomic mass is 35.5. The van der Waals surface area contributed by atoms with Crippen molar-refractivity contribution < 1.29 is 14.5 Å². The summed E-state index contributed by atoms with van der Waals surface area (Å²) in [6.07, 6.45) is 0.560. The zero-order valence-corrected chi connectivity index (χ0v) is 13.5. The van der Waals surface area contributed by atoms with Crippen molar-refractivity contribution in [2.24, 2.45) is 5.10 Å². The average Bonchev–Trinajstić information content (AvgIpc) is 2.96. The highest BCUT2D eigenvalue weighted by Gasteiger charge is 2.14. The van der Waals surface area contributed by atoms with E-state index in [9.17, 15) is 14.9 Å². The monoisotopic (exact) mass is 353 g/mol. The number of amides is 1. The van der Waals surface area contributed by atoms with Crippen LogP contribution in [0.4, 0.5) is 5.00 Å². The minimum absolute atomic E-state index is 0.00966. The number of nitrogens with one attached hydrogen (secondary N) is 1. The molecule has 1 unspecified atom stereocenters. The maximum Gasteiger partial charge on any atom is 0.324 e. The Morgan fingerprint density at radius 1 is 1.48 bits per heavy atom. The van der Waals surface area contributed by atoms with Gasteiger partial charge in [-0.2, -0.15) is 5.10 Å². The fourth-order valence-electron chi connectivity index (χ4n) is 1.56. The standard InChI is InChI=1S/C14H12ClN3O4S/c1-9(22-11-4-2-3-10(15)7-11)14(19)17-16-8-12-5-6-13(23-12)18(20)21/h2-9H,1H3,(H,17,19). The lowest BCUT2D eigenvalue weighted by Gasteiger charge is -2.12. The minimum atomic E-state index is -0.775. The topological polar surface area (TPSA) is 93.8 Å². The summed E-state index contributed by atoms with van der Waals surface area (Å²) in [5.74, 6) is 0.0188. The Morgan fingerprint density at radius 3 is 2.91 bits per heavy atom. The molecule has 1 aromatic carbocycles. The second-order valence-electron chi connectivity index (χ2n) is 4.38. The maximum absolute atomic E-state index is 11.8. The van der Waals surface area contributed by atoms with Crippen LogP contribution in [0, 0.1) is 10.1 Å². The molecule has 0 saturated heterocycles. The number of hydrogen-bond donors (Lipinski definition) is 1. The molecule has 1 N–H and O–H groups in total. The quantitative estimate of drug-likeness (QED) is 0.490. The van der Waals surface area contributed by atoms with E-state index in [1.54, 1.807) is 37.3 Å². The van der Waals surface area contributed by atoms with Crippen molar-refractivity contribution >= 4 is 40.1 Å². The first-order chi connectivity index (χ1) is 11.0. The van der Waals surface area contributed by atoms with Crippen molar-refractivity contribution in [3.8, 4) is 5.75 Å². The number of nitro groups is 1. The third-order valence-electron chi connectivity index (χ3n) is 2.64. The maximum atomic E-state index is 11.8. The molecule has 9 heteroatoms. The van der Waals surface area contributed by atoms with E-state index in [2.05, 4.69) is 10.5 Å². The summed E-state index contributed by atoms with van der Waals surface area (Å²) in [4.78, 5) is 22.5. The van der Waals surface area contributed by atoms with Gasteiger partial charge in [-0.05, 0) is 31.2 Å². The van der Waals surface area contributed by atoms with Gasteiger partial charge in [0.25, 0.3) is 5.91 Å². The number of ether oxygens (including phenoxy) is 1. The fourth-order valence-corrected chi connectivity index (χ4v) is 2.43. The first-order valence-corrected chi connectivity index (χ1v) is 7.64. The van der Waals surface area contributed by atoms with Crippen LogP contribution in [0.3, 0.4) is 0 Å². The van der Waals surface area contributed by atoms with Gasteiger partial charge in [0.2, 0.25) is 0 Å². The molecular weight excluding hydrogens is 342 g/mol. The van der Waals surface area contributed by atoms with Crippen LogP contribution in [-0.2, 0) is 4.79 Å². The molecule has 0 aliphatic rings. The number of nitrogens with zero attached hydrogens (tertiary/aromatic N) is 2. The Balaban J connectivity index is 1.88.